The van der Waals surface area contributed by atoms with Crippen LogP contribution in [0.25, 0.3) is 0 Å². The van der Waals surface area contributed by atoms with Gasteiger partial charge in [-0.05, 0) is 17.7 Å². The van der Waals surface area contributed by atoms with Gasteiger partial charge in [0.05, 0.1) is 6.04 Å². The molecule has 0 spiro atoms. The first-order chi connectivity index (χ1) is 11.1. The van der Waals surface area contributed by atoms with Gasteiger partial charge in [0, 0.05) is 37.8 Å². The molecule has 1 fully saturated rings. The molecule has 7 heteroatoms. The summed E-state index contributed by atoms with van der Waals surface area (Å²) in [5, 5.41) is 7.98. The predicted molar refractivity (Wildman–Crippen MR) is 87.6 cm³/mol. The van der Waals surface area contributed by atoms with Crippen molar-refractivity contribution in [1.82, 2.24) is 20.0 Å². The number of aromatic nitrogens is 2. The molecule has 3 rings (SSSR count). The highest BCUT2D eigenvalue weighted by molar-refractivity contribution is 6.31. The molecule has 6 nitrogen and oxygen atoms in total. The molecule has 0 aliphatic carbocycles. The topological polar surface area (TPSA) is 67.2 Å². The second-order valence-corrected chi connectivity index (χ2v) is 5.83. The number of hydrogen-bond donors (Lipinski definition) is 1. The molecule has 1 aliphatic heterocycles. The largest absolute Gasteiger partial charge is 0.328 e. The molecule has 1 unspecified atom stereocenters. The second-order valence-electron chi connectivity index (χ2n) is 5.42. The Morgan fingerprint density at radius 2 is 2.09 bits per heavy atom. The molecule has 1 N–H and O–H groups in total. The van der Waals surface area contributed by atoms with Crippen LogP contribution < -0.4 is 10.9 Å². The van der Waals surface area contributed by atoms with Gasteiger partial charge in [-0.25, -0.2) is 4.68 Å². The van der Waals surface area contributed by atoms with Gasteiger partial charge in [-0.1, -0.05) is 29.8 Å². The molecule has 120 valence electrons. The zero-order valence-corrected chi connectivity index (χ0v) is 13.5. The minimum absolute atomic E-state index is 0.163. The monoisotopic (exact) mass is 332 g/mol. The smallest absolute Gasteiger partial charge is 0.274 e. The Balaban J connectivity index is 1.95. The number of amides is 1. The van der Waals surface area contributed by atoms with Crippen LogP contribution in [0.3, 0.4) is 0 Å². The van der Waals surface area contributed by atoms with E-state index in [9.17, 15) is 9.59 Å². The van der Waals surface area contributed by atoms with Crippen LogP contribution in [0.15, 0.2) is 41.2 Å². The minimum atomic E-state index is -0.246. The van der Waals surface area contributed by atoms with Crippen LogP contribution in [-0.2, 0) is 7.05 Å². The van der Waals surface area contributed by atoms with Gasteiger partial charge in [0.15, 0.2) is 0 Å². The molecule has 0 radical (unpaired) electrons. The molecule has 1 aliphatic rings. The van der Waals surface area contributed by atoms with E-state index >= 15 is 0 Å². The lowest BCUT2D eigenvalue weighted by Gasteiger charge is -2.36. The number of rotatable bonds is 2. The summed E-state index contributed by atoms with van der Waals surface area (Å²) in [4.78, 5) is 26.0. The van der Waals surface area contributed by atoms with Crippen LogP contribution in [0.2, 0.25) is 5.02 Å². The Morgan fingerprint density at radius 1 is 1.30 bits per heavy atom. The summed E-state index contributed by atoms with van der Waals surface area (Å²) in [6.45, 7) is 1.89. The summed E-state index contributed by atoms with van der Waals surface area (Å²) in [5.41, 5.74) is 0.912. The van der Waals surface area contributed by atoms with Crippen molar-refractivity contribution in [2.45, 2.75) is 6.04 Å². The lowest BCUT2D eigenvalue weighted by molar-refractivity contribution is 0.0625. The lowest BCUT2D eigenvalue weighted by Crippen LogP contribution is -2.49. The number of piperazine rings is 1. The molecular formula is C16H17ClN4O2. The number of nitrogens with one attached hydrogen (secondary N) is 1. The molecular weight excluding hydrogens is 316 g/mol. The highest BCUT2D eigenvalue weighted by atomic mass is 35.5. The molecule has 2 aromatic rings. The zero-order valence-electron chi connectivity index (χ0n) is 12.7. The van der Waals surface area contributed by atoms with E-state index in [2.05, 4.69) is 10.4 Å². The fourth-order valence-electron chi connectivity index (χ4n) is 2.73. The summed E-state index contributed by atoms with van der Waals surface area (Å²) in [6, 6.07) is 10.2. The summed E-state index contributed by atoms with van der Waals surface area (Å²) in [5.74, 6) is -0.202. The standard InChI is InChI=1S/C16H17ClN4O2/c1-20-15(22)7-6-13(19-20)16(23)21-9-8-18-10-14(21)11-4-2-3-5-12(11)17/h2-7,14,18H,8-10H2,1H3. The maximum Gasteiger partial charge on any atom is 0.274 e. The fourth-order valence-corrected chi connectivity index (χ4v) is 3.00. The fraction of sp³-hybridized carbons (Fsp3) is 0.312. The van der Waals surface area contributed by atoms with Crippen molar-refractivity contribution in [2.75, 3.05) is 19.6 Å². The maximum absolute atomic E-state index is 12.8. The summed E-state index contributed by atoms with van der Waals surface area (Å²) in [6.07, 6.45) is 0. The highest BCUT2D eigenvalue weighted by Crippen LogP contribution is 2.29. The first-order valence-electron chi connectivity index (χ1n) is 7.38. The van der Waals surface area contributed by atoms with Crippen molar-refractivity contribution in [1.29, 1.82) is 0 Å². The Morgan fingerprint density at radius 3 is 2.83 bits per heavy atom. The lowest BCUT2D eigenvalue weighted by atomic mass is 10.0. The van der Waals surface area contributed by atoms with Crippen molar-refractivity contribution in [3.63, 3.8) is 0 Å². The van der Waals surface area contributed by atoms with Crippen molar-refractivity contribution >= 4 is 17.5 Å². The predicted octanol–water partition coefficient (Wildman–Crippen LogP) is 1.22. The van der Waals surface area contributed by atoms with Crippen LogP contribution in [0.4, 0.5) is 0 Å². The molecule has 23 heavy (non-hydrogen) atoms. The van der Waals surface area contributed by atoms with Crippen molar-refractivity contribution in [3.05, 3.63) is 63.0 Å². The van der Waals surface area contributed by atoms with E-state index in [0.717, 1.165) is 5.56 Å². The van der Waals surface area contributed by atoms with Gasteiger partial charge in [-0.2, -0.15) is 5.10 Å². The Bertz CT molecular complexity index is 790. The van der Waals surface area contributed by atoms with Crippen molar-refractivity contribution in [3.8, 4) is 0 Å². The van der Waals surface area contributed by atoms with E-state index in [1.165, 1.54) is 23.9 Å². The van der Waals surface area contributed by atoms with E-state index in [1.54, 1.807) is 4.90 Å². The normalized spacial score (nSPS) is 18.0. The summed E-state index contributed by atoms with van der Waals surface area (Å²) in [7, 11) is 1.53. The number of aryl methyl sites for hydroxylation is 1. The highest BCUT2D eigenvalue weighted by Gasteiger charge is 2.30. The Kier molecular flexibility index (Phi) is 4.45. The molecule has 1 aromatic heterocycles. The van der Waals surface area contributed by atoms with Gasteiger partial charge in [0.1, 0.15) is 5.69 Å². The second kappa shape index (κ2) is 6.52. The number of benzene rings is 1. The van der Waals surface area contributed by atoms with Gasteiger partial charge < -0.3 is 10.2 Å². The molecule has 1 saturated heterocycles. The third kappa shape index (κ3) is 3.13. The quantitative estimate of drug-likeness (QED) is 0.898. The zero-order chi connectivity index (χ0) is 16.4. The van der Waals surface area contributed by atoms with E-state index in [4.69, 9.17) is 11.6 Å². The first-order valence-corrected chi connectivity index (χ1v) is 7.76. The summed E-state index contributed by atoms with van der Waals surface area (Å²) >= 11 is 6.29. The van der Waals surface area contributed by atoms with E-state index in [1.807, 2.05) is 24.3 Å². The Hall–Kier alpha value is -2.18. The minimum Gasteiger partial charge on any atom is -0.328 e. The van der Waals surface area contributed by atoms with Gasteiger partial charge in [-0.3, -0.25) is 9.59 Å². The van der Waals surface area contributed by atoms with E-state index in [-0.39, 0.29) is 23.2 Å². The van der Waals surface area contributed by atoms with Gasteiger partial charge in [-0.15, -0.1) is 0 Å². The van der Waals surface area contributed by atoms with Crippen molar-refractivity contribution < 1.29 is 4.79 Å². The Labute approximate surface area is 138 Å². The molecule has 1 atom stereocenters. The third-order valence-corrected chi connectivity index (χ3v) is 4.29. The molecule has 2 heterocycles. The van der Waals surface area contributed by atoms with Crippen molar-refractivity contribution in [2.24, 2.45) is 7.05 Å². The van der Waals surface area contributed by atoms with Crippen LogP contribution >= 0.6 is 11.6 Å². The number of nitrogens with zero attached hydrogens (tertiary/aromatic N) is 3. The van der Waals surface area contributed by atoms with Gasteiger partial charge >= 0.3 is 0 Å². The maximum atomic E-state index is 12.8. The number of carbonyl (C=O) groups excluding carboxylic acids is 1. The average molecular weight is 333 g/mol. The summed E-state index contributed by atoms with van der Waals surface area (Å²) < 4.78 is 1.17. The van der Waals surface area contributed by atoms with Gasteiger partial charge in [0.2, 0.25) is 0 Å². The molecule has 0 saturated carbocycles. The number of halogens is 1. The molecule has 1 amide bonds. The van der Waals surface area contributed by atoms with Crippen LogP contribution in [0.1, 0.15) is 22.1 Å². The molecule has 1 aromatic carbocycles. The van der Waals surface area contributed by atoms with E-state index in [0.29, 0.717) is 24.7 Å². The SMILES string of the molecule is Cn1nc(C(=O)N2CCNCC2c2ccccc2Cl)ccc1=O. The van der Waals surface area contributed by atoms with Crippen LogP contribution in [0.5, 0.6) is 0 Å². The van der Waals surface area contributed by atoms with E-state index < -0.39 is 0 Å². The third-order valence-electron chi connectivity index (χ3n) is 3.95. The van der Waals surface area contributed by atoms with Crippen LogP contribution in [0, 0.1) is 0 Å². The molecule has 0 bridgehead atoms. The van der Waals surface area contributed by atoms with Crippen LogP contribution in [-0.4, -0.2) is 40.2 Å². The number of carbonyl (C=O) groups is 1. The first kappa shape index (κ1) is 15.7. The average Bonchev–Trinajstić information content (AvgIpc) is 2.57. The van der Waals surface area contributed by atoms with Gasteiger partial charge in [0.25, 0.3) is 11.5 Å². The number of hydrogen-bond acceptors (Lipinski definition) is 4.